The van der Waals surface area contributed by atoms with Crippen LogP contribution in [0.5, 0.6) is 0 Å². The minimum atomic E-state index is 0.0246. The van der Waals surface area contributed by atoms with E-state index >= 15 is 0 Å². The van der Waals surface area contributed by atoms with Gasteiger partial charge in [0.2, 0.25) is 0 Å². The normalized spacial score (nSPS) is 15.7. The molecule has 1 saturated heterocycles. The van der Waals surface area contributed by atoms with Gasteiger partial charge in [-0.25, -0.2) is 4.68 Å². The van der Waals surface area contributed by atoms with E-state index in [2.05, 4.69) is 5.10 Å². The number of carbonyl (C=O) groups is 1. The summed E-state index contributed by atoms with van der Waals surface area (Å²) in [5, 5.41) is 14.3. The van der Waals surface area contributed by atoms with Gasteiger partial charge in [0.15, 0.2) is 0 Å². The second-order valence-electron chi connectivity index (χ2n) is 6.17. The molecule has 6 heteroatoms. The Kier molecular flexibility index (Phi) is 5.21. The van der Waals surface area contributed by atoms with Crippen molar-refractivity contribution in [1.82, 2.24) is 14.7 Å². The van der Waals surface area contributed by atoms with Crippen LogP contribution in [0.1, 0.15) is 35.8 Å². The van der Waals surface area contributed by atoms with Crippen molar-refractivity contribution in [2.24, 2.45) is 5.92 Å². The Morgan fingerprint density at radius 2 is 2.12 bits per heavy atom. The average molecular weight is 348 g/mol. The summed E-state index contributed by atoms with van der Waals surface area (Å²) in [5.41, 5.74) is 2.41. The lowest BCUT2D eigenvalue weighted by atomic mass is 9.97. The predicted molar refractivity (Wildman–Crippen MR) is 93.7 cm³/mol. The summed E-state index contributed by atoms with van der Waals surface area (Å²) in [5.74, 6) is 0.338. The topological polar surface area (TPSA) is 58.4 Å². The van der Waals surface area contributed by atoms with E-state index in [1.54, 1.807) is 10.9 Å². The van der Waals surface area contributed by atoms with Gasteiger partial charge in [-0.15, -0.1) is 0 Å². The third-order valence-corrected chi connectivity index (χ3v) is 4.88. The Bertz CT molecular complexity index is 721. The van der Waals surface area contributed by atoms with Gasteiger partial charge in [0.1, 0.15) is 0 Å². The first-order valence-corrected chi connectivity index (χ1v) is 8.74. The fourth-order valence-corrected chi connectivity index (χ4v) is 3.40. The van der Waals surface area contributed by atoms with Gasteiger partial charge in [-0.3, -0.25) is 4.79 Å². The van der Waals surface area contributed by atoms with E-state index < -0.39 is 0 Å². The largest absolute Gasteiger partial charge is 0.396 e. The van der Waals surface area contributed by atoms with Gasteiger partial charge < -0.3 is 10.0 Å². The lowest BCUT2D eigenvalue weighted by molar-refractivity contribution is 0.0650. The molecule has 1 N–H and O–H groups in total. The van der Waals surface area contributed by atoms with Crippen LogP contribution in [0, 0.1) is 5.92 Å². The number of hydrogen-bond acceptors (Lipinski definition) is 3. The number of halogens is 1. The molecule has 0 saturated carbocycles. The van der Waals surface area contributed by atoms with E-state index in [1.165, 1.54) is 0 Å². The number of piperidine rings is 1. The number of aromatic nitrogens is 2. The van der Waals surface area contributed by atoms with Gasteiger partial charge in [0, 0.05) is 24.7 Å². The van der Waals surface area contributed by atoms with Crippen molar-refractivity contribution in [2.75, 3.05) is 19.7 Å². The molecular formula is C18H22ClN3O2. The summed E-state index contributed by atoms with van der Waals surface area (Å²) in [7, 11) is 0. The Balaban J connectivity index is 1.85. The number of likely N-dealkylation sites (tertiary alicyclic amines) is 1. The first-order valence-electron chi connectivity index (χ1n) is 8.37. The van der Waals surface area contributed by atoms with Gasteiger partial charge >= 0.3 is 0 Å². The molecule has 2 heterocycles. The van der Waals surface area contributed by atoms with E-state index in [1.807, 2.05) is 36.1 Å². The van der Waals surface area contributed by atoms with Crippen LogP contribution in [0.4, 0.5) is 0 Å². The molecule has 128 valence electrons. The maximum absolute atomic E-state index is 12.9. The van der Waals surface area contributed by atoms with Crippen molar-refractivity contribution in [3.8, 4) is 5.69 Å². The number of amides is 1. The van der Waals surface area contributed by atoms with Crippen molar-refractivity contribution in [3.63, 3.8) is 0 Å². The van der Waals surface area contributed by atoms with Gasteiger partial charge in [-0.1, -0.05) is 24.6 Å². The summed E-state index contributed by atoms with van der Waals surface area (Å²) in [6.45, 7) is 3.60. The molecule has 1 aliphatic heterocycles. The number of rotatable bonds is 4. The molecule has 3 rings (SSSR count). The van der Waals surface area contributed by atoms with Crippen molar-refractivity contribution in [3.05, 3.63) is 46.7 Å². The van der Waals surface area contributed by atoms with Crippen LogP contribution >= 0.6 is 11.6 Å². The molecule has 1 amide bonds. The van der Waals surface area contributed by atoms with Crippen molar-refractivity contribution in [2.45, 2.75) is 26.2 Å². The molecule has 1 aliphatic rings. The highest BCUT2D eigenvalue weighted by molar-refractivity contribution is 6.30. The Morgan fingerprint density at radius 1 is 1.38 bits per heavy atom. The standard InChI is InChI=1S/C18H22ClN3O2/c1-2-17-16(18(24)21-8-6-13(12-23)7-9-21)11-20-22(17)15-5-3-4-14(19)10-15/h3-5,10-11,13,23H,2,6-9,12H2,1H3. The zero-order valence-electron chi connectivity index (χ0n) is 13.8. The predicted octanol–water partition coefficient (Wildman–Crippen LogP) is 2.93. The molecular weight excluding hydrogens is 326 g/mol. The maximum Gasteiger partial charge on any atom is 0.257 e. The third-order valence-electron chi connectivity index (χ3n) is 4.65. The molecule has 1 fully saturated rings. The van der Waals surface area contributed by atoms with Crippen LogP contribution in [-0.4, -0.2) is 45.4 Å². The molecule has 24 heavy (non-hydrogen) atoms. The molecule has 0 bridgehead atoms. The number of benzene rings is 1. The van der Waals surface area contributed by atoms with Crippen molar-refractivity contribution in [1.29, 1.82) is 0 Å². The number of nitrogens with zero attached hydrogens (tertiary/aromatic N) is 3. The second kappa shape index (κ2) is 7.36. The zero-order valence-corrected chi connectivity index (χ0v) is 14.5. The lowest BCUT2D eigenvalue weighted by Crippen LogP contribution is -2.39. The van der Waals surface area contributed by atoms with Gasteiger partial charge in [0.05, 0.1) is 23.1 Å². The number of hydrogen-bond donors (Lipinski definition) is 1. The minimum Gasteiger partial charge on any atom is -0.396 e. The van der Waals surface area contributed by atoms with Crippen molar-refractivity contribution < 1.29 is 9.90 Å². The van der Waals surface area contributed by atoms with Crippen LogP contribution in [0.2, 0.25) is 5.02 Å². The molecule has 2 aromatic rings. The Hall–Kier alpha value is -1.85. The van der Waals surface area contributed by atoms with Crippen LogP contribution in [0.25, 0.3) is 5.69 Å². The van der Waals surface area contributed by atoms with E-state index in [4.69, 9.17) is 11.6 Å². The quantitative estimate of drug-likeness (QED) is 0.925. The van der Waals surface area contributed by atoms with Crippen LogP contribution in [-0.2, 0) is 6.42 Å². The van der Waals surface area contributed by atoms with Gasteiger partial charge in [0.25, 0.3) is 5.91 Å². The van der Waals surface area contributed by atoms with Crippen LogP contribution < -0.4 is 0 Å². The number of aliphatic hydroxyl groups excluding tert-OH is 1. The highest BCUT2D eigenvalue weighted by Gasteiger charge is 2.26. The van der Waals surface area contributed by atoms with E-state index in [0.717, 1.165) is 24.2 Å². The Morgan fingerprint density at radius 3 is 2.75 bits per heavy atom. The lowest BCUT2D eigenvalue weighted by Gasteiger charge is -2.31. The number of aliphatic hydroxyl groups is 1. The molecule has 0 unspecified atom stereocenters. The van der Waals surface area contributed by atoms with Crippen LogP contribution in [0.15, 0.2) is 30.5 Å². The SMILES string of the molecule is CCc1c(C(=O)N2CCC(CO)CC2)cnn1-c1cccc(Cl)c1. The molecule has 0 aliphatic carbocycles. The monoisotopic (exact) mass is 347 g/mol. The van der Waals surface area contributed by atoms with E-state index in [9.17, 15) is 9.90 Å². The summed E-state index contributed by atoms with van der Waals surface area (Å²) in [6, 6.07) is 7.46. The summed E-state index contributed by atoms with van der Waals surface area (Å²) in [6.07, 6.45) is 4.07. The fraction of sp³-hybridized carbons (Fsp3) is 0.444. The third kappa shape index (κ3) is 3.32. The summed E-state index contributed by atoms with van der Waals surface area (Å²) >= 11 is 6.07. The van der Waals surface area contributed by atoms with Gasteiger partial charge in [-0.2, -0.15) is 5.10 Å². The van der Waals surface area contributed by atoms with E-state index in [0.29, 0.717) is 36.0 Å². The second-order valence-corrected chi connectivity index (χ2v) is 6.60. The molecule has 1 aromatic heterocycles. The molecule has 0 radical (unpaired) electrons. The molecule has 5 nitrogen and oxygen atoms in total. The van der Waals surface area contributed by atoms with Crippen molar-refractivity contribution >= 4 is 17.5 Å². The first-order chi connectivity index (χ1) is 11.6. The fourth-order valence-electron chi connectivity index (χ4n) is 3.21. The zero-order chi connectivity index (χ0) is 17.1. The summed E-state index contributed by atoms with van der Waals surface area (Å²) in [4.78, 5) is 14.7. The maximum atomic E-state index is 12.9. The average Bonchev–Trinajstić information content (AvgIpc) is 3.05. The summed E-state index contributed by atoms with van der Waals surface area (Å²) < 4.78 is 1.79. The number of carbonyl (C=O) groups excluding carboxylic acids is 1. The van der Waals surface area contributed by atoms with E-state index in [-0.39, 0.29) is 12.5 Å². The highest BCUT2D eigenvalue weighted by atomic mass is 35.5. The molecule has 0 atom stereocenters. The molecule has 0 spiro atoms. The Labute approximate surface area is 146 Å². The van der Waals surface area contributed by atoms with Crippen LogP contribution in [0.3, 0.4) is 0 Å². The first kappa shape index (κ1) is 17.0. The minimum absolute atomic E-state index is 0.0246. The van der Waals surface area contributed by atoms with Gasteiger partial charge in [-0.05, 0) is 43.4 Å². The molecule has 1 aromatic carbocycles. The highest BCUT2D eigenvalue weighted by Crippen LogP contribution is 2.23. The smallest absolute Gasteiger partial charge is 0.257 e.